The average Bonchev–Trinajstić information content (AvgIpc) is 2.67. The number of rotatable bonds is 5. The second-order valence-corrected chi connectivity index (χ2v) is 7.26. The van der Waals surface area contributed by atoms with Crippen LogP contribution in [-0.4, -0.2) is 12.8 Å². The highest BCUT2D eigenvalue weighted by Crippen LogP contribution is 2.21. The number of nitrogen functional groups attached to an aromatic ring is 1. The van der Waals surface area contributed by atoms with E-state index in [2.05, 4.69) is 56.3 Å². The van der Waals surface area contributed by atoms with Crippen molar-refractivity contribution >= 4 is 11.4 Å². The van der Waals surface area contributed by atoms with Gasteiger partial charge in [-0.2, -0.15) is 0 Å². The molecule has 0 bridgehead atoms. The van der Waals surface area contributed by atoms with Crippen molar-refractivity contribution in [3.8, 4) is 0 Å². The monoisotopic (exact) mass is 392 g/mol. The minimum Gasteiger partial charge on any atom is -0.396 e. The zero-order valence-corrected chi connectivity index (χ0v) is 18.6. The molecule has 0 saturated carbocycles. The van der Waals surface area contributed by atoms with Gasteiger partial charge in [0.1, 0.15) is 5.82 Å². The van der Waals surface area contributed by atoms with Crippen LogP contribution in [0.3, 0.4) is 0 Å². The summed E-state index contributed by atoms with van der Waals surface area (Å²) in [5.41, 5.74) is 13.3. The molecule has 0 unspecified atom stereocenters. The summed E-state index contributed by atoms with van der Waals surface area (Å²) in [6, 6.07) is 11.9. The number of hydrogen-bond acceptors (Lipinski definition) is 2. The number of benzene rings is 2. The lowest BCUT2D eigenvalue weighted by molar-refractivity contribution is 0.631. The minimum atomic E-state index is -0.429. The summed E-state index contributed by atoms with van der Waals surface area (Å²) in [5, 5.41) is 0. The van der Waals surface area contributed by atoms with Gasteiger partial charge in [0.25, 0.3) is 0 Å². The molecule has 0 aromatic heterocycles. The Morgan fingerprint density at radius 2 is 1.62 bits per heavy atom. The normalized spacial score (nSPS) is 10.7. The molecule has 0 atom stereocenters. The average molecular weight is 393 g/mol. The predicted molar refractivity (Wildman–Crippen MR) is 126 cm³/mol. The third-order valence-corrected chi connectivity index (χ3v) is 4.60. The molecule has 2 aromatic carbocycles. The van der Waals surface area contributed by atoms with Crippen LogP contribution in [0, 0.1) is 19.7 Å². The van der Waals surface area contributed by atoms with Crippen LogP contribution in [-0.2, 0) is 6.42 Å². The summed E-state index contributed by atoms with van der Waals surface area (Å²) in [7, 11) is 1.67. The van der Waals surface area contributed by atoms with Crippen molar-refractivity contribution in [2.75, 3.05) is 12.8 Å². The van der Waals surface area contributed by atoms with E-state index in [0.29, 0.717) is 16.8 Å². The Morgan fingerprint density at radius 3 is 2.03 bits per heavy atom. The van der Waals surface area contributed by atoms with Crippen LogP contribution in [0.1, 0.15) is 43.0 Å². The fourth-order valence-corrected chi connectivity index (χ4v) is 2.75. The maximum atomic E-state index is 13.8. The molecule has 0 radical (unpaired) electrons. The SMILES string of the molecule is C=C(C)C(=CC(=NC)c1cc(C)c(N)c(F)c1)C(=C)C.CCc1ccc(C)cc1. The Bertz CT molecular complexity index is 893. The number of halogens is 1. The molecule has 0 amide bonds. The standard InChI is InChI=1S/C17H21FN2.C9H12/c1-10(2)14(11(3)4)9-16(20-6)13-7-12(5)17(19)15(18)8-13;1-3-9-6-4-8(2)5-7-9/h7-9H,1,3,19H2,2,4-6H3;4-7H,3H2,1-2H3. The molecule has 29 heavy (non-hydrogen) atoms. The van der Waals surface area contributed by atoms with Crippen molar-refractivity contribution in [3.05, 3.63) is 100 Å². The fourth-order valence-electron chi connectivity index (χ4n) is 2.75. The molecule has 0 saturated heterocycles. The van der Waals surface area contributed by atoms with E-state index in [-0.39, 0.29) is 5.69 Å². The summed E-state index contributed by atoms with van der Waals surface area (Å²) >= 11 is 0. The van der Waals surface area contributed by atoms with E-state index in [4.69, 9.17) is 5.73 Å². The second kappa shape index (κ2) is 11.2. The van der Waals surface area contributed by atoms with E-state index >= 15 is 0 Å². The third-order valence-electron chi connectivity index (χ3n) is 4.60. The predicted octanol–water partition coefficient (Wildman–Crippen LogP) is 6.77. The van der Waals surface area contributed by atoms with Crippen LogP contribution in [0.4, 0.5) is 10.1 Å². The summed E-state index contributed by atoms with van der Waals surface area (Å²) in [6.45, 7) is 17.7. The molecule has 0 heterocycles. The fraction of sp³-hybridized carbons (Fsp3) is 0.269. The number of nitrogens with two attached hydrogens (primary N) is 1. The van der Waals surface area contributed by atoms with Gasteiger partial charge >= 0.3 is 0 Å². The highest BCUT2D eigenvalue weighted by atomic mass is 19.1. The summed E-state index contributed by atoms with van der Waals surface area (Å²) in [4.78, 5) is 4.23. The molecule has 2 nitrogen and oxygen atoms in total. The van der Waals surface area contributed by atoms with Crippen molar-refractivity contribution in [3.63, 3.8) is 0 Å². The van der Waals surface area contributed by atoms with Crippen LogP contribution < -0.4 is 5.73 Å². The number of allylic oxidation sites excluding steroid dienone is 4. The van der Waals surface area contributed by atoms with Gasteiger partial charge in [-0.05, 0) is 69.0 Å². The number of aryl methyl sites for hydroxylation is 3. The highest BCUT2D eigenvalue weighted by molar-refractivity contribution is 6.10. The largest absolute Gasteiger partial charge is 0.396 e. The van der Waals surface area contributed by atoms with Gasteiger partial charge in [0.2, 0.25) is 0 Å². The lowest BCUT2D eigenvalue weighted by atomic mass is 9.97. The van der Waals surface area contributed by atoms with Crippen LogP contribution >= 0.6 is 0 Å². The summed E-state index contributed by atoms with van der Waals surface area (Å²) < 4.78 is 13.8. The van der Waals surface area contributed by atoms with E-state index in [0.717, 1.165) is 23.1 Å². The molecular formula is C26H33FN2. The maximum absolute atomic E-state index is 13.8. The molecule has 0 aliphatic rings. The molecule has 2 rings (SSSR count). The lowest BCUT2D eigenvalue weighted by Crippen LogP contribution is -2.04. The first kappa shape index (κ1) is 24.1. The maximum Gasteiger partial charge on any atom is 0.147 e. The number of nitrogens with zero attached hydrogens (tertiary/aromatic N) is 1. The smallest absolute Gasteiger partial charge is 0.147 e. The molecular weight excluding hydrogens is 359 g/mol. The zero-order chi connectivity index (χ0) is 22.1. The Morgan fingerprint density at radius 1 is 1.07 bits per heavy atom. The lowest BCUT2D eigenvalue weighted by Gasteiger charge is -2.10. The molecule has 0 fully saturated rings. The zero-order valence-electron chi connectivity index (χ0n) is 18.6. The molecule has 2 N–H and O–H groups in total. The molecule has 3 heteroatoms. The van der Waals surface area contributed by atoms with E-state index in [1.807, 2.05) is 26.0 Å². The highest BCUT2D eigenvalue weighted by Gasteiger charge is 2.09. The number of anilines is 1. The quantitative estimate of drug-likeness (QED) is 0.340. The van der Waals surface area contributed by atoms with E-state index < -0.39 is 5.82 Å². The molecule has 154 valence electrons. The topological polar surface area (TPSA) is 38.4 Å². The van der Waals surface area contributed by atoms with Gasteiger partial charge in [-0.1, -0.05) is 61.1 Å². The summed E-state index contributed by atoms with van der Waals surface area (Å²) in [6.07, 6.45) is 3.01. The Kier molecular flexibility index (Phi) is 9.27. The minimum absolute atomic E-state index is 0.174. The Balaban J connectivity index is 0.000000387. The molecule has 0 aliphatic heterocycles. The second-order valence-electron chi connectivity index (χ2n) is 7.26. The van der Waals surface area contributed by atoms with Crippen molar-refractivity contribution < 1.29 is 4.39 Å². The van der Waals surface area contributed by atoms with Gasteiger partial charge in [0.15, 0.2) is 0 Å². The van der Waals surface area contributed by atoms with E-state index in [1.165, 1.54) is 17.2 Å². The van der Waals surface area contributed by atoms with Crippen LogP contribution in [0.5, 0.6) is 0 Å². The molecule has 0 spiro atoms. The van der Waals surface area contributed by atoms with Crippen molar-refractivity contribution in [2.45, 2.75) is 41.0 Å². The third kappa shape index (κ3) is 7.19. The summed E-state index contributed by atoms with van der Waals surface area (Å²) in [5.74, 6) is -0.429. The van der Waals surface area contributed by atoms with Crippen LogP contribution in [0.15, 0.2) is 77.3 Å². The Labute approximate surface area is 175 Å². The number of aliphatic imine (C=N–C) groups is 1. The molecule has 2 aromatic rings. The van der Waals surface area contributed by atoms with Crippen molar-refractivity contribution in [1.29, 1.82) is 0 Å². The van der Waals surface area contributed by atoms with Crippen LogP contribution in [0.2, 0.25) is 0 Å². The van der Waals surface area contributed by atoms with E-state index in [1.54, 1.807) is 14.0 Å². The van der Waals surface area contributed by atoms with Gasteiger partial charge in [0, 0.05) is 12.6 Å². The van der Waals surface area contributed by atoms with Crippen LogP contribution in [0.25, 0.3) is 0 Å². The van der Waals surface area contributed by atoms with Gasteiger partial charge < -0.3 is 5.73 Å². The number of hydrogen-bond donors (Lipinski definition) is 1. The first-order valence-electron chi connectivity index (χ1n) is 9.72. The van der Waals surface area contributed by atoms with Gasteiger partial charge in [-0.3, -0.25) is 4.99 Å². The van der Waals surface area contributed by atoms with Crippen molar-refractivity contribution in [2.24, 2.45) is 4.99 Å². The van der Waals surface area contributed by atoms with Crippen molar-refractivity contribution in [1.82, 2.24) is 0 Å². The Hall–Kier alpha value is -2.94. The van der Waals surface area contributed by atoms with Gasteiger partial charge in [-0.15, -0.1) is 0 Å². The van der Waals surface area contributed by atoms with Gasteiger partial charge in [-0.25, -0.2) is 4.39 Å². The van der Waals surface area contributed by atoms with E-state index in [9.17, 15) is 4.39 Å². The first-order chi connectivity index (χ1) is 13.6. The van der Waals surface area contributed by atoms with Gasteiger partial charge in [0.05, 0.1) is 11.4 Å². The molecule has 0 aliphatic carbocycles. The first-order valence-corrected chi connectivity index (χ1v) is 9.72.